The smallest absolute Gasteiger partial charge is 0.182 e. The fourth-order valence-electron chi connectivity index (χ4n) is 2.07. The molecule has 3 aromatic rings. The molecule has 3 rings (SSSR count). The Morgan fingerprint density at radius 1 is 1.25 bits per heavy atom. The van der Waals surface area contributed by atoms with E-state index in [9.17, 15) is 0 Å². The van der Waals surface area contributed by atoms with Crippen molar-refractivity contribution >= 4 is 57.4 Å². The Morgan fingerprint density at radius 3 is 2.75 bits per heavy atom. The Bertz CT molecular complexity index is 920. The van der Waals surface area contributed by atoms with Gasteiger partial charge in [-0.3, -0.25) is 4.57 Å². The van der Waals surface area contributed by atoms with E-state index < -0.39 is 0 Å². The summed E-state index contributed by atoms with van der Waals surface area (Å²) in [4.78, 5) is 3.15. The lowest BCUT2D eigenvalue weighted by atomic mass is 10.2. The van der Waals surface area contributed by atoms with Crippen molar-refractivity contribution in [3.63, 3.8) is 0 Å². The number of halogens is 2. The van der Waals surface area contributed by atoms with Crippen LogP contribution in [0.25, 0.3) is 16.7 Å². The lowest BCUT2D eigenvalue weighted by Gasteiger charge is -2.07. The van der Waals surface area contributed by atoms with Gasteiger partial charge in [0.25, 0.3) is 0 Å². The first-order chi connectivity index (χ1) is 9.60. The second kappa shape index (κ2) is 5.20. The molecule has 0 amide bonds. The molecule has 0 bridgehead atoms. The van der Waals surface area contributed by atoms with Crippen molar-refractivity contribution in [1.29, 1.82) is 5.26 Å². The first-order valence-corrected chi connectivity index (χ1v) is 7.57. The largest absolute Gasteiger partial charge is 0.330 e. The highest BCUT2D eigenvalue weighted by Crippen LogP contribution is 2.26. The van der Waals surface area contributed by atoms with Crippen LogP contribution in [0.5, 0.6) is 0 Å². The van der Waals surface area contributed by atoms with E-state index in [4.69, 9.17) is 29.1 Å². The van der Waals surface area contributed by atoms with Gasteiger partial charge in [0.1, 0.15) is 0 Å². The molecule has 1 aromatic heterocycles. The summed E-state index contributed by atoms with van der Waals surface area (Å²) in [5, 5.41) is 9.72. The second-order valence-corrected chi connectivity index (χ2v) is 6.19. The van der Waals surface area contributed by atoms with Gasteiger partial charge in [0.2, 0.25) is 0 Å². The van der Waals surface area contributed by atoms with Crippen molar-refractivity contribution in [3.05, 3.63) is 55.3 Å². The summed E-state index contributed by atoms with van der Waals surface area (Å²) in [6.45, 7) is 0. The Balaban J connectivity index is 2.38. The summed E-state index contributed by atoms with van der Waals surface area (Å²) in [6, 6.07) is 13.2. The predicted octanol–water partition coefficient (Wildman–Crippen LogP) is 4.82. The normalized spacial score (nSPS) is 10.7. The van der Waals surface area contributed by atoms with Gasteiger partial charge in [-0.15, -0.1) is 0 Å². The molecule has 98 valence electrons. The summed E-state index contributed by atoms with van der Waals surface area (Å²) in [7, 11) is 0. The number of aromatic nitrogens is 2. The second-order valence-electron chi connectivity index (χ2n) is 4.21. The lowest BCUT2D eigenvalue weighted by Crippen LogP contribution is -1.97. The van der Waals surface area contributed by atoms with Crippen LogP contribution in [0.3, 0.4) is 0 Å². The molecule has 0 aliphatic heterocycles. The van der Waals surface area contributed by atoms with Gasteiger partial charge < -0.3 is 4.98 Å². The molecule has 0 aliphatic rings. The maximum atomic E-state index is 9.04. The van der Waals surface area contributed by atoms with Gasteiger partial charge in [0, 0.05) is 8.59 Å². The Morgan fingerprint density at radius 2 is 2.05 bits per heavy atom. The molecule has 3 nitrogen and oxygen atoms in total. The molecule has 1 N–H and O–H groups in total. The van der Waals surface area contributed by atoms with Crippen molar-refractivity contribution in [2.75, 3.05) is 0 Å². The zero-order valence-electron chi connectivity index (χ0n) is 10.0. The van der Waals surface area contributed by atoms with Crippen molar-refractivity contribution in [2.24, 2.45) is 0 Å². The number of benzene rings is 2. The minimum atomic E-state index is 0.593. The third kappa shape index (κ3) is 2.24. The van der Waals surface area contributed by atoms with Crippen LogP contribution in [0.4, 0.5) is 0 Å². The van der Waals surface area contributed by atoms with Gasteiger partial charge >= 0.3 is 0 Å². The quantitative estimate of drug-likeness (QED) is 0.461. The number of nitrogens with one attached hydrogen (secondary N) is 1. The third-order valence-electron chi connectivity index (χ3n) is 2.96. The number of hydrogen-bond acceptors (Lipinski definition) is 2. The zero-order chi connectivity index (χ0) is 14.3. The Hall–Kier alpha value is -1.36. The van der Waals surface area contributed by atoms with Crippen LogP contribution >= 0.6 is 46.4 Å². The molecule has 0 unspecified atom stereocenters. The minimum absolute atomic E-state index is 0.593. The number of fused-ring (bicyclic) bond motifs is 1. The van der Waals surface area contributed by atoms with Gasteiger partial charge in [0.05, 0.1) is 28.4 Å². The number of aromatic amines is 1. The molecule has 1 heterocycles. The zero-order valence-corrected chi connectivity index (χ0v) is 13.8. The van der Waals surface area contributed by atoms with Crippen LogP contribution in [0, 0.1) is 19.7 Å². The average molecular weight is 412 g/mol. The topological polar surface area (TPSA) is 44.5 Å². The highest BCUT2D eigenvalue weighted by atomic mass is 127. The molecule has 20 heavy (non-hydrogen) atoms. The van der Waals surface area contributed by atoms with Crippen LogP contribution in [0.2, 0.25) is 5.02 Å². The molecular formula is C14H7ClIN3S. The van der Waals surface area contributed by atoms with Gasteiger partial charge in [-0.25, -0.2) is 0 Å². The predicted molar refractivity (Wildman–Crippen MR) is 90.9 cm³/mol. The number of rotatable bonds is 1. The van der Waals surface area contributed by atoms with E-state index in [0.717, 1.165) is 20.3 Å². The Kier molecular flexibility index (Phi) is 3.54. The third-order valence-corrected chi connectivity index (χ3v) is 4.35. The minimum Gasteiger partial charge on any atom is -0.330 e. The molecule has 6 heteroatoms. The summed E-state index contributed by atoms with van der Waals surface area (Å²) < 4.78 is 3.51. The standard InChI is InChI=1S/C14H7ClIN3S/c15-9-2-4-12(10(16)6-9)19-13-5-8(7-17)1-3-11(13)18-14(19)20/h1-6H,(H,18,20). The van der Waals surface area contributed by atoms with Crippen molar-refractivity contribution in [2.45, 2.75) is 0 Å². The molecule has 0 fully saturated rings. The van der Waals surface area contributed by atoms with Gasteiger partial charge in [-0.05, 0) is 71.2 Å². The van der Waals surface area contributed by atoms with Gasteiger partial charge in [0.15, 0.2) is 4.77 Å². The summed E-state index contributed by atoms with van der Waals surface area (Å²) in [5.74, 6) is 0. The molecular weight excluding hydrogens is 405 g/mol. The summed E-state index contributed by atoms with van der Waals surface area (Å²) in [6.07, 6.45) is 0. The fraction of sp³-hybridized carbons (Fsp3) is 0. The summed E-state index contributed by atoms with van der Waals surface area (Å²) >= 11 is 13.6. The van der Waals surface area contributed by atoms with Crippen LogP contribution < -0.4 is 0 Å². The van der Waals surface area contributed by atoms with Crippen LogP contribution in [-0.4, -0.2) is 9.55 Å². The van der Waals surface area contributed by atoms with E-state index in [1.165, 1.54) is 0 Å². The lowest BCUT2D eigenvalue weighted by molar-refractivity contribution is 1.06. The molecule has 0 atom stereocenters. The van der Waals surface area contributed by atoms with Crippen LogP contribution in [-0.2, 0) is 0 Å². The van der Waals surface area contributed by atoms with Gasteiger partial charge in [-0.1, -0.05) is 11.6 Å². The Labute approximate surface area is 138 Å². The van der Waals surface area contributed by atoms with Crippen LogP contribution in [0.1, 0.15) is 5.56 Å². The summed E-state index contributed by atoms with van der Waals surface area (Å²) in [5.41, 5.74) is 3.33. The van der Waals surface area contributed by atoms with Crippen LogP contribution in [0.15, 0.2) is 36.4 Å². The fourth-order valence-corrected chi connectivity index (χ4v) is 3.49. The number of H-pyrrole nitrogens is 1. The molecule has 0 spiro atoms. The van der Waals surface area contributed by atoms with E-state index in [2.05, 4.69) is 33.6 Å². The van der Waals surface area contributed by atoms with Gasteiger partial charge in [-0.2, -0.15) is 5.26 Å². The first-order valence-electron chi connectivity index (χ1n) is 5.70. The monoisotopic (exact) mass is 411 g/mol. The van der Waals surface area contributed by atoms with Crippen molar-refractivity contribution in [3.8, 4) is 11.8 Å². The molecule has 0 aliphatic carbocycles. The molecule has 2 aromatic carbocycles. The first kappa shape index (κ1) is 13.6. The average Bonchev–Trinajstić information content (AvgIpc) is 2.74. The maximum absolute atomic E-state index is 9.04. The molecule has 0 saturated carbocycles. The SMILES string of the molecule is N#Cc1ccc2[nH]c(=S)n(-c3ccc(Cl)cc3I)c2c1. The van der Waals surface area contributed by atoms with E-state index in [1.807, 2.05) is 34.9 Å². The van der Waals surface area contributed by atoms with Crippen molar-refractivity contribution in [1.82, 2.24) is 9.55 Å². The number of hydrogen-bond donors (Lipinski definition) is 1. The van der Waals surface area contributed by atoms with E-state index >= 15 is 0 Å². The molecule has 0 saturated heterocycles. The molecule has 0 radical (unpaired) electrons. The van der Waals surface area contributed by atoms with E-state index in [-0.39, 0.29) is 0 Å². The highest BCUT2D eigenvalue weighted by Gasteiger charge is 2.10. The van der Waals surface area contributed by atoms with Crippen molar-refractivity contribution < 1.29 is 0 Å². The number of imidazole rings is 1. The number of nitriles is 1. The highest BCUT2D eigenvalue weighted by molar-refractivity contribution is 14.1. The van der Waals surface area contributed by atoms with E-state index in [1.54, 1.807) is 6.07 Å². The number of nitrogens with zero attached hydrogens (tertiary/aromatic N) is 2. The maximum Gasteiger partial charge on any atom is 0.182 e. The van der Waals surface area contributed by atoms with E-state index in [0.29, 0.717) is 15.4 Å².